The van der Waals surface area contributed by atoms with Crippen LogP contribution in [0.25, 0.3) is 0 Å². The van der Waals surface area contributed by atoms with Gasteiger partial charge in [0.15, 0.2) is 29.3 Å². The first-order chi connectivity index (χ1) is 26.4. The Labute approximate surface area is 326 Å². The molecule has 0 aromatic heterocycles. The van der Waals surface area contributed by atoms with Crippen molar-refractivity contribution in [2.75, 3.05) is 7.11 Å². The molecule has 0 spiro atoms. The molecule has 3 heterocycles. The summed E-state index contributed by atoms with van der Waals surface area (Å²) in [4.78, 5) is 67.2. The summed E-state index contributed by atoms with van der Waals surface area (Å²) in [6.07, 6.45) is -7.70. The van der Waals surface area contributed by atoms with Gasteiger partial charge in [-0.3, -0.25) is 24.0 Å². The fourth-order valence-corrected chi connectivity index (χ4v) is 8.71. The summed E-state index contributed by atoms with van der Waals surface area (Å²) in [6.45, 7) is 6.05. The van der Waals surface area contributed by atoms with Gasteiger partial charge in [0.2, 0.25) is 17.6 Å². The maximum absolute atomic E-state index is 14.0. The van der Waals surface area contributed by atoms with E-state index in [4.69, 9.17) is 35.9 Å². The number of methoxy groups -OCH3 is 1. The van der Waals surface area contributed by atoms with Gasteiger partial charge in [-0.15, -0.1) is 0 Å². The van der Waals surface area contributed by atoms with Gasteiger partial charge in [0.1, 0.15) is 34.9 Å². The zero-order valence-electron chi connectivity index (χ0n) is 31.1. The summed E-state index contributed by atoms with van der Waals surface area (Å²) in [7, 11) is 1.32. The number of phenolic OH excluding ortho intramolecular Hbond substituents is 2. The van der Waals surface area contributed by atoms with E-state index in [2.05, 4.69) is 16.0 Å². The summed E-state index contributed by atoms with van der Waals surface area (Å²) in [5, 5.41) is 53.7. The second-order valence-corrected chi connectivity index (χ2v) is 15.4. The third-order valence-corrected chi connectivity index (χ3v) is 11.4. The first-order valence-corrected chi connectivity index (χ1v) is 18.7. The number of benzene rings is 2. The van der Waals surface area contributed by atoms with Crippen LogP contribution in [0.3, 0.4) is 0 Å². The van der Waals surface area contributed by atoms with Crippen molar-refractivity contribution < 1.29 is 68.1 Å². The molecule has 2 amide bonds. The van der Waals surface area contributed by atoms with E-state index >= 15 is 0 Å². The van der Waals surface area contributed by atoms with Crippen molar-refractivity contribution in [3.05, 3.63) is 51.6 Å². The Hall–Kier alpha value is -4.40. The number of aromatic hydroxyl groups is 2. The molecule has 10 atom stereocenters. The number of fused-ring (bicyclic) bond motifs is 4. The number of hydrogen-bond acceptors (Lipinski definition) is 16. The van der Waals surface area contributed by atoms with E-state index in [0.29, 0.717) is 0 Å². The molecule has 3 fully saturated rings. The second-order valence-electron chi connectivity index (χ2n) is 15.0. The van der Waals surface area contributed by atoms with E-state index in [0.717, 1.165) is 6.92 Å². The highest BCUT2D eigenvalue weighted by atomic mass is 32.1. The fourth-order valence-electron chi connectivity index (χ4n) is 8.51. The summed E-state index contributed by atoms with van der Waals surface area (Å²) >= 11 is 5.00. The lowest BCUT2D eigenvalue weighted by Gasteiger charge is -2.48. The number of ether oxygens (including phenoxy) is 5. The number of carbonyl (C=O) groups excluding carboxylic acids is 5. The molecule has 2 aromatic rings. The third-order valence-electron chi connectivity index (χ3n) is 11.2. The van der Waals surface area contributed by atoms with Crippen LogP contribution in [0.5, 0.6) is 17.2 Å². The summed E-state index contributed by atoms with van der Waals surface area (Å²) in [6, 6.07) is 2.71. The normalized spacial score (nSPS) is 32.4. The van der Waals surface area contributed by atoms with Crippen molar-refractivity contribution in [3.8, 4) is 17.2 Å². The number of Topliss-reactive ketones (excluding diaryl/α,β-unsaturated/α-hetero) is 1. The third kappa shape index (κ3) is 6.76. The number of phenols is 2. The molecule has 7 N–H and O–H groups in total. The number of ketones is 3. The van der Waals surface area contributed by atoms with E-state index in [1.165, 1.54) is 25.3 Å². The molecule has 5 aliphatic rings. The molecule has 0 saturated carbocycles. The molecule has 3 saturated heterocycles. The lowest BCUT2D eigenvalue weighted by molar-refractivity contribution is -0.297. The van der Waals surface area contributed by atoms with Crippen LogP contribution in [-0.4, -0.2) is 116 Å². The van der Waals surface area contributed by atoms with Gasteiger partial charge in [0, 0.05) is 48.4 Å². The predicted octanol–water partition coefficient (Wildman–Crippen LogP) is 0.716. The first kappa shape index (κ1) is 39.8. The Morgan fingerprint density at radius 1 is 1.00 bits per heavy atom. The molecule has 7 rings (SSSR count). The lowest BCUT2D eigenvalue weighted by Crippen LogP contribution is -2.68. The lowest BCUT2D eigenvalue weighted by atomic mass is 9.72. The van der Waals surface area contributed by atoms with Gasteiger partial charge in [-0.2, -0.15) is 0 Å². The predicted molar refractivity (Wildman–Crippen MR) is 195 cm³/mol. The number of rotatable bonds is 7. The largest absolute Gasteiger partial charge is 0.507 e. The molecule has 17 nitrogen and oxygen atoms in total. The topological polar surface area (TPSA) is 249 Å². The molecule has 300 valence electrons. The molecule has 2 aromatic carbocycles. The molecule has 10 unspecified atom stereocenters. The second kappa shape index (κ2) is 14.8. The Kier molecular flexibility index (Phi) is 10.5. The highest BCUT2D eigenvalue weighted by Gasteiger charge is 2.52. The van der Waals surface area contributed by atoms with Crippen LogP contribution in [0.2, 0.25) is 0 Å². The van der Waals surface area contributed by atoms with Crippen LogP contribution >= 0.6 is 12.2 Å². The number of aliphatic hydroxyl groups is 2. The average Bonchev–Trinajstić information content (AvgIpc) is 3.11. The molecule has 3 aliphatic heterocycles. The summed E-state index contributed by atoms with van der Waals surface area (Å²) in [5.41, 5.74) is -3.53. The Morgan fingerprint density at radius 2 is 1.68 bits per heavy atom. The number of nitrogens with one attached hydrogen (secondary N) is 3. The van der Waals surface area contributed by atoms with E-state index in [-0.39, 0.29) is 46.0 Å². The van der Waals surface area contributed by atoms with Crippen LogP contribution in [0.4, 0.5) is 0 Å². The molecular formula is C38H43N3O14S. The monoisotopic (exact) mass is 797 g/mol. The highest BCUT2D eigenvalue weighted by Crippen LogP contribution is 2.52. The maximum atomic E-state index is 14.0. The van der Waals surface area contributed by atoms with E-state index in [1.54, 1.807) is 20.8 Å². The smallest absolute Gasteiger partial charge is 0.240 e. The van der Waals surface area contributed by atoms with Gasteiger partial charge in [-0.1, -0.05) is 12.1 Å². The fraction of sp³-hybridized carbons (Fsp3) is 0.526. The first-order valence-electron chi connectivity index (χ1n) is 18.3. The number of thiocarbonyl (C=S) groups is 1. The van der Waals surface area contributed by atoms with Gasteiger partial charge in [-0.05, 0) is 46.0 Å². The van der Waals surface area contributed by atoms with Crippen LogP contribution in [0, 0.1) is 5.92 Å². The minimum absolute atomic E-state index is 0.0298. The molecule has 0 radical (unpaired) electrons. The van der Waals surface area contributed by atoms with Crippen LogP contribution < -0.4 is 20.7 Å². The maximum Gasteiger partial charge on any atom is 0.240 e. The van der Waals surface area contributed by atoms with E-state index in [1.807, 2.05) is 0 Å². The van der Waals surface area contributed by atoms with Crippen molar-refractivity contribution in [1.82, 2.24) is 16.0 Å². The van der Waals surface area contributed by atoms with Gasteiger partial charge in [-0.25, -0.2) is 0 Å². The number of hydrogen-bond donors (Lipinski definition) is 7. The number of carbonyl (C=O) groups is 5. The average molecular weight is 798 g/mol. The highest BCUT2D eigenvalue weighted by molar-refractivity contribution is 7.80. The van der Waals surface area contributed by atoms with Crippen LogP contribution in [0.15, 0.2) is 18.2 Å². The van der Waals surface area contributed by atoms with Crippen LogP contribution in [0.1, 0.15) is 96.0 Å². The summed E-state index contributed by atoms with van der Waals surface area (Å²) in [5.74, 6) is -6.13. The molecule has 56 heavy (non-hydrogen) atoms. The Morgan fingerprint density at radius 3 is 2.32 bits per heavy atom. The molecule has 0 bridgehead atoms. The van der Waals surface area contributed by atoms with Crippen molar-refractivity contribution >= 4 is 46.5 Å². The van der Waals surface area contributed by atoms with Crippen molar-refractivity contribution in [1.29, 1.82) is 0 Å². The van der Waals surface area contributed by atoms with Gasteiger partial charge in [0.25, 0.3) is 0 Å². The van der Waals surface area contributed by atoms with Gasteiger partial charge < -0.3 is 60.1 Å². The van der Waals surface area contributed by atoms with Crippen molar-refractivity contribution in [3.63, 3.8) is 0 Å². The van der Waals surface area contributed by atoms with E-state index in [9.17, 15) is 44.4 Å². The SMILES string of the molecule is COc1cccc2c1C(=O)c1c(O)c3c(c(O)c1C2=O)CC(O)(C(C)=O)CC3OC1CC2NC(C3C(=O)NC(=S)NC3=O)C(C)OC(CC(C)O)OC2C(C)O1. The molecule has 2 aliphatic carbocycles. The van der Waals surface area contributed by atoms with Gasteiger partial charge >= 0.3 is 0 Å². The zero-order valence-corrected chi connectivity index (χ0v) is 31.9. The zero-order chi connectivity index (χ0) is 40.5. The summed E-state index contributed by atoms with van der Waals surface area (Å²) < 4.78 is 30.6. The molecular weight excluding hydrogens is 754 g/mol. The minimum atomic E-state index is -2.13. The van der Waals surface area contributed by atoms with Gasteiger partial charge in [0.05, 0.1) is 54.3 Å². The van der Waals surface area contributed by atoms with Crippen LogP contribution in [-0.2, 0) is 39.8 Å². The standard InChI is InChI=1S/C38H43N3O14S/c1-13(42)9-22-52-14(2)29(28-35(48)40-37(56)41-36(28)49)39-19-10-23(53-15(3)34(19)55-22)54-21-12-38(50,16(4)43)11-18-25(21)33(47)27-26(31(18)45)30(44)17-7-6-8-20(51-5)24(17)32(27)46/h6-8,13-15,19,21-23,28-29,34,39,42,45,47,50H,9-12H2,1-5H3,(H2,40,41,48,49,56). The number of aliphatic hydroxyl groups excluding tert-OH is 1. The van der Waals surface area contributed by atoms with Crippen molar-refractivity contribution in [2.24, 2.45) is 5.92 Å². The Balaban J connectivity index is 1.27. The number of amides is 2. The van der Waals surface area contributed by atoms with Crippen molar-refractivity contribution in [2.45, 2.75) is 114 Å². The molecule has 18 heteroatoms. The Bertz CT molecular complexity index is 2020. The quantitative estimate of drug-likeness (QED) is 0.0989. The minimum Gasteiger partial charge on any atom is -0.507 e. The van der Waals surface area contributed by atoms with E-state index < -0.39 is 131 Å².